The fourth-order valence-corrected chi connectivity index (χ4v) is 1.57. The van der Waals surface area contributed by atoms with Gasteiger partial charge < -0.3 is 5.73 Å². The molecule has 13 heavy (non-hydrogen) atoms. The minimum atomic E-state index is 0.202. The molecule has 0 bridgehead atoms. The maximum atomic E-state index is 6.02. The van der Waals surface area contributed by atoms with Crippen molar-refractivity contribution >= 4 is 15.9 Å². The molecule has 0 aliphatic heterocycles. The summed E-state index contributed by atoms with van der Waals surface area (Å²) < 4.78 is 1.11. The first-order valence-electron chi connectivity index (χ1n) is 4.75. The summed E-state index contributed by atoms with van der Waals surface area (Å²) in [6, 6.07) is 8.46. The molecule has 1 nitrogen and oxygen atoms in total. The van der Waals surface area contributed by atoms with Gasteiger partial charge >= 0.3 is 0 Å². The Morgan fingerprint density at radius 2 is 1.92 bits per heavy atom. The van der Waals surface area contributed by atoms with Gasteiger partial charge in [0.05, 0.1) is 0 Å². The highest BCUT2D eigenvalue weighted by atomic mass is 79.9. The number of nitrogens with two attached hydrogens (primary N) is 1. The second-order valence-corrected chi connectivity index (χ2v) is 4.22. The fourth-order valence-electron chi connectivity index (χ4n) is 1.30. The molecule has 1 atom stereocenters. The van der Waals surface area contributed by atoms with Crippen LogP contribution >= 0.6 is 15.9 Å². The van der Waals surface area contributed by atoms with Crippen molar-refractivity contribution in [2.24, 2.45) is 5.73 Å². The van der Waals surface area contributed by atoms with Gasteiger partial charge in [-0.2, -0.15) is 0 Å². The Kier molecular flexibility index (Phi) is 4.46. The van der Waals surface area contributed by atoms with Gasteiger partial charge in [0.1, 0.15) is 0 Å². The van der Waals surface area contributed by atoms with E-state index in [1.54, 1.807) is 0 Å². The van der Waals surface area contributed by atoms with Gasteiger partial charge in [0, 0.05) is 10.5 Å². The summed E-state index contributed by atoms with van der Waals surface area (Å²) in [4.78, 5) is 0. The van der Waals surface area contributed by atoms with Crippen LogP contribution in [-0.4, -0.2) is 0 Å². The molecule has 0 radical (unpaired) electrons. The molecular weight excluding hydrogens is 226 g/mol. The summed E-state index contributed by atoms with van der Waals surface area (Å²) in [6.45, 7) is 2.19. The van der Waals surface area contributed by atoms with Crippen molar-refractivity contribution in [1.82, 2.24) is 0 Å². The first-order chi connectivity index (χ1) is 6.24. The van der Waals surface area contributed by atoms with Crippen LogP contribution in [0.5, 0.6) is 0 Å². The molecule has 0 saturated heterocycles. The Balaban J connectivity index is 2.55. The predicted octanol–water partition coefficient (Wildman–Crippen LogP) is 3.64. The van der Waals surface area contributed by atoms with E-state index < -0.39 is 0 Å². The fraction of sp³-hybridized carbons (Fsp3) is 0.455. The van der Waals surface area contributed by atoms with Gasteiger partial charge in [-0.3, -0.25) is 0 Å². The Hall–Kier alpha value is -0.340. The molecule has 0 unspecified atom stereocenters. The highest BCUT2D eigenvalue weighted by Crippen LogP contribution is 2.19. The molecule has 0 amide bonds. The quantitative estimate of drug-likeness (QED) is 0.856. The molecule has 1 rings (SSSR count). The summed E-state index contributed by atoms with van der Waals surface area (Å²) in [5, 5.41) is 0. The van der Waals surface area contributed by atoms with E-state index in [4.69, 9.17) is 5.73 Å². The zero-order valence-electron chi connectivity index (χ0n) is 7.96. The lowest BCUT2D eigenvalue weighted by molar-refractivity contribution is 0.603. The number of hydrogen-bond donors (Lipinski definition) is 1. The Morgan fingerprint density at radius 3 is 2.46 bits per heavy atom. The van der Waals surface area contributed by atoms with Crippen LogP contribution in [0.4, 0.5) is 0 Å². The number of unbranched alkanes of at least 4 members (excludes halogenated alkanes) is 1. The molecule has 0 heterocycles. The minimum Gasteiger partial charge on any atom is -0.324 e. The van der Waals surface area contributed by atoms with Gasteiger partial charge in [-0.05, 0) is 24.1 Å². The van der Waals surface area contributed by atoms with E-state index in [0.717, 1.165) is 10.9 Å². The van der Waals surface area contributed by atoms with Crippen molar-refractivity contribution < 1.29 is 0 Å². The molecule has 0 aliphatic carbocycles. The highest BCUT2D eigenvalue weighted by Gasteiger charge is 2.03. The van der Waals surface area contributed by atoms with E-state index in [0.29, 0.717) is 0 Å². The predicted molar refractivity (Wildman–Crippen MR) is 60.6 cm³/mol. The molecule has 2 heteroatoms. The van der Waals surface area contributed by atoms with Gasteiger partial charge in [0.15, 0.2) is 0 Å². The van der Waals surface area contributed by atoms with Gasteiger partial charge in [0.2, 0.25) is 0 Å². The lowest BCUT2D eigenvalue weighted by Gasteiger charge is -2.10. The third kappa shape index (κ3) is 3.49. The monoisotopic (exact) mass is 241 g/mol. The largest absolute Gasteiger partial charge is 0.324 e. The SMILES string of the molecule is CCCC[C@H](N)c1ccc(Br)cc1. The zero-order chi connectivity index (χ0) is 9.68. The average Bonchev–Trinajstić information content (AvgIpc) is 2.15. The van der Waals surface area contributed by atoms with Crippen LogP contribution in [0.2, 0.25) is 0 Å². The van der Waals surface area contributed by atoms with Crippen molar-refractivity contribution in [2.45, 2.75) is 32.2 Å². The summed E-state index contributed by atoms with van der Waals surface area (Å²) in [6.07, 6.45) is 3.50. The molecule has 1 aromatic carbocycles. The molecule has 0 fully saturated rings. The van der Waals surface area contributed by atoms with Crippen molar-refractivity contribution in [3.8, 4) is 0 Å². The molecule has 1 aromatic rings. The minimum absolute atomic E-state index is 0.202. The molecule has 2 N–H and O–H groups in total. The standard InChI is InChI=1S/C11H16BrN/c1-2-3-4-11(13)9-5-7-10(12)8-6-9/h5-8,11H,2-4,13H2,1H3/t11-/m0/s1. The van der Waals surface area contributed by atoms with Crippen molar-refractivity contribution in [3.63, 3.8) is 0 Å². The van der Waals surface area contributed by atoms with E-state index in [9.17, 15) is 0 Å². The normalized spacial score (nSPS) is 12.8. The Labute approximate surface area is 88.5 Å². The molecule has 0 aromatic heterocycles. The number of halogens is 1. The highest BCUT2D eigenvalue weighted by molar-refractivity contribution is 9.10. The van der Waals surface area contributed by atoms with Crippen molar-refractivity contribution in [1.29, 1.82) is 0 Å². The second kappa shape index (κ2) is 5.40. The van der Waals surface area contributed by atoms with E-state index in [2.05, 4.69) is 35.0 Å². The molecule has 0 aliphatic rings. The molecular formula is C11H16BrN. The van der Waals surface area contributed by atoms with Crippen LogP contribution in [0.15, 0.2) is 28.7 Å². The van der Waals surface area contributed by atoms with Crippen LogP contribution in [0.3, 0.4) is 0 Å². The van der Waals surface area contributed by atoms with E-state index >= 15 is 0 Å². The smallest absolute Gasteiger partial charge is 0.0294 e. The summed E-state index contributed by atoms with van der Waals surface area (Å²) in [5.41, 5.74) is 7.25. The summed E-state index contributed by atoms with van der Waals surface area (Å²) in [7, 11) is 0. The Bertz CT molecular complexity index is 243. The first-order valence-corrected chi connectivity index (χ1v) is 5.54. The van der Waals surface area contributed by atoms with Crippen molar-refractivity contribution in [3.05, 3.63) is 34.3 Å². The maximum Gasteiger partial charge on any atom is 0.0294 e. The lowest BCUT2D eigenvalue weighted by atomic mass is 10.0. The number of hydrogen-bond acceptors (Lipinski definition) is 1. The molecule has 0 spiro atoms. The molecule has 72 valence electrons. The summed E-state index contributed by atoms with van der Waals surface area (Å²) >= 11 is 3.41. The van der Waals surface area contributed by atoms with Gasteiger partial charge in [-0.15, -0.1) is 0 Å². The number of rotatable bonds is 4. The molecule has 0 saturated carbocycles. The van der Waals surface area contributed by atoms with Crippen LogP contribution < -0.4 is 5.73 Å². The maximum absolute atomic E-state index is 6.02. The van der Waals surface area contributed by atoms with Crippen LogP contribution in [0.25, 0.3) is 0 Å². The van der Waals surface area contributed by atoms with E-state index in [1.807, 2.05) is 12.1 Å². The number of benzene rings is 1. The second-order valence-electron chi connectivity index (χ2n) is 3.30. The lowest BCUT2D eigenvalue weighted by Crippen LogP contribution is -2.09. The van der Waals surface area contributed by atoms with E-state index in [1.165, 1.54) is 18.4 Å². The third-order valence-electron chi connectivity index (χ3n) is 2.17. The summed E-state index contributed by atoms with van der Waals surface area (Å²) in [5.74, 6) is 0. The van der Waals surface area contributed by atoms with Gasteiger partial charge in [-0.1, -0.05) is 47.8 Å². The van der Waals surface area contributed by atoms with Gasteiger partial charge in [-0.25, -0.2) is 0 Å². The topological polar surface area (TPSA) is 26.0 Å². The third-order valence-corrected chi connectivity index (χ3v) is 2.70. The Morgan fingerprint density at radius 1 is 1.31 bits per heavy atom. The zero-order valence-corrected chi connectivity index (χ0v) is 9.55. The first kappa shape index (κ1) is 10.7. The van der Waals surface area contributed by atoms with E-state index in [-0.39, 0.29) is 6.04 Å². The van der Waals surface area contributed by atoms with Crippen LogP contribution in [0, 0.1) is 0 Å². The van der Waals surface area contributed by atoms with Gasteiger partial charge in [0.25, 0.3) is 0 Å². The van der Waals surface area contributed by atoms with Crippen LogP contribution in [0.1, 0.15) is 37.8 Å². The van der Waals surface area contributed by atoms with Crippen LogP contribution in [-0.2, 0) is 0 Å². The average molecular weight is 242 g/mol. The van der Waals surface area contributed by atoms with Crippen molar-refractivity contribution in [2.75, 3.05) is 0 Å².